The van der Waals surface area contributed by atoms with E-state index in [2.05, 4.69) is 24.8 Å². The first-order valence-corrected chi connectivity index (χ1v) is 6.78. The van der Waals surface area contributed by atoms with E-state index in [1.807, 2.05) is 0 Å². The van der Waals surface area contributed by atoms with E-state index in [1.54, 1.807) is 13.8 Å². The lowest BCUT2D eigenvalue weighted by Gasteiger charge is -2.05. The molecular formula is C14H20N2O7. The van der Waals surface area contributed by atoms with Gasteiger partial charge in [-0.2, -0.15) is 0 Å². The van der Waals surface area contributed by atoms with Crippen LogP contribution in [-0.2, 0) is 23.8 Å². The van der Waals surface area contributed by atoms with Crippen LogP contribution >= 0.6 is 0 Å². The molecule has 23 heavy (non-hydrogen) atoms. The zero-order valence-corrected chi connectivity index (χ0v) is 13.4. The van der Waals surface area contributed by atoms with Crippen LogP contribution in [0, 0.1) is 0 Å². The molecule has 0 aliphatic rings. The molecule has 9 nitrogen and oxygen atoms in total. The quantitative estimate of drug-likeness (QED) is 0.327. The number of esters is 2. The van der Waals surface area contributed by atoms with E-state index in [1.165, 1.54) is 13.8 Å². The second kappa shape index (κ2) is 10.8. The lowest BCUT2D eigenvalue weighted by molar-refractivity contribution is -0.153. The molecule has 2 amide bonds. The third-order valence-corrected chi connectivity index (χ3v) is 2.19. The number of carbonyl (C=O) groups excluding carboxylic acids is 4. The van der Waals surface area contributed by atoms with E-state index in [-0.39, 0.29) is 24.4 Å². The molecule has 0 rings (SSSR count). The monoisotopic (exact) mass is 328 g/mol. The molecule has 0 aromatic carbocycles. The van der Waals surface area contributed by atoms with Crippen LogP contribution < -0.4 is 10.6 Å². The van der Waals surface area contributed by atoms with Crippen molar-refractivity contribution >= 4 is 24.1 Å². The molecule has 0 spiro atoms. The predicted octanol–water partition coefficient (Wildman–Crippen LogP) is 1.36. The third-order valence-electron chi connectivity index (χ3n) is 2.19. The highest BCUT2D eigenvalue weighted by molar-refractivity contribution is 6.01. The summed E-state index contributed by atoms with van der Waals surface area (Å²) in [5, 5.41) is 4.39. The molecular weight excluding hydrogens is 308 g/mol. The Morgan fingerprint density at radius 3 is 1.43 bits per heavy atom. The normalized spacial score (nSPS) is 11.3. The molecule has 0 aromatic heterocycles. The summed E-state index contributed by atoms with van der Waals surface area (Å²) in [6, 6.07) is 0. The Bertz CT molecular complexity index is 477. The van der Waals surface area contributed by atoms with E-state index < -0.39 is 24.1 Å². The Morgan fingerprint density at radius 2 is 1.13 bits per heavy atom. The second-order valence-corrected chi connectivity index (χ2v) is 4.06. The van der Waals surface area contributed by atoms with Crippen molar-refractivity contribution in [3.63, 3.8) is 0 Å². The van der Waals surface area contributed by atoms with E-state index in [9.17, 15) is 19.2 Å². The van der Waals surface area contributed by atoms with Crippen LogP contribution in [-0.4, -0.2) is 37.3 Å². The number of ether oxygens (including phenoxy) is 3. The maximum absolute atomic E-state index is 11.6. The Hall–Kier alpha value is -2.84. The number of amides is 2. The molecule has 0 fully saturated rings. The fourth-order valence-corrected chi connectivity index (χ4v) is 1.04. The van der Waals surface area contributed by atoms with Crippen LogP contribution in [0.25, 0.3) is 0 Å². The minimum atomic E-state index is -0.948. The van der Waals surface area contributed by atoms with Crippen LogP contribution in [0.2, 0.25) is 0 Å². The number of carbonyl (C=O) groups is 4. The zero-order valence-electron chi connectivity index (χ0n) is 13.4. The highest BCUT2D eigenvalue weighted by Crippen LogP contribution is 2.01. The van der Waals surface area contributed by atoms with Gasteiger partial charge in [-0.15, -0.1) is 0 Å². The molecule has 128 valence electrons. The number of hydrogen-bond acceptors (Lipinski definition) is 7. The zero-order chi connectivity index (χ0) is 17.8. The molecule has 0 aromatic rings. The smallest absolute Gasteiger partial charge is 0.411 e. The van der Waals surface area contributed by atoms with Gasteiger partial charge in [0.25, 0.3) is 0 Å². The van der Waals surface area contributed by atoms with Crippen molar-refractivity contribution in [3.8, 4) is 0 Å². The molecule has 0 saturated carbocycles. The Balaban J connectivity index is 4.49. The predicted molar refractivity (Wildman–Crippen MR) is 78.9 cm³/mol. The molecule has 0 aliphatic heterocycles. The van der Waals surface area contributed by atoms with Gasteiger partial charge >= 0.3 is 24.1 Å². The fourth-order valence-electron chi connectivity index (χ4n) is 1.04. The van der Waals surface area contributed by atoms with Crippen LogP contribution in [0.15, 0.2) is 23.5 Å². The summed E-state index contributed by atoms with van der Waals surface area (Å²) in [4.78, 5) is 45.3. The Kier molecular flexibility index (Phi) is 9.49. The van der Waals surface area contributed by atoms with Crippen LogP contribution in [0.3, 0.4) is 0 Å². The van der Waals surface area contributed by atoms with Gasteiger partial charge in [0.15, 0.2) is 0 Å². The summed E-state index contributed by atoms with van der Waals surface area (Å²) in [7, 11) is 0. The van der Waals surface area contributed by atoms with Gasteiger partial charge in [0.2, 0.25) is 0 Å². The topological polar surface area (TPSA) is 120 Å². The van der Waals surface area contributed by atoms with Gasteiger partial charge in [0.1, 0.15) is 0 Å². The average Bonchev–Trinajstić information content (AvgIpc) is 2.50. The van der Waals surface area contributed by atoms with Crippen molar-refractivity contribution in [1.29, 1.82) is 0 Å². The SMILES string of the molecule is CCOC(=O)NC=C(C)C(=O)OC(=O)C(C)=CNC(=O)OCC. The number of alkyl carbamates (subject to hydrolysis) is 2. The summed E-state index contributed by atoms with van der Waals surface area (Å²) < 4.78 is 13.7. The molecule has 0 bridgehead atoms. The van der Waals surface area contributed by atoms with Gasteiger partial charge < -0.3 is 14.2 Å². The standard InChI is InChI=1S/C14H20N2O7/c1-5-21-13(19)15-7-9(3)11(17)23-12(18)10(4)8-16-14(20)22-6-2/h7-8H,5-6H2,1-4H3,(H,15,19)(H,16,20). The molecule has 0 radical (unpaired) electrons. The molecule has 0 aliphatic carbocycles. The van der Waals surface area contributed by atoms with Crippen molar-refractivity contribution in [3.05, 3.63) is 23.5 Å². The summed E-state index contributed by atoms with van der Waals surface area (Å²) >= 11 is 0. The van der Waals surface area contributed by atoms with Gasteiger partial charge in [0, 0.05) is 12.4 Å². The molecule has 0 unspecified atom stereocenters. The molecule has 0 atom stereocenters. The van der Waals surface area contributed by atoms with E-state index in [0.717, 1.165) is 12.4 Å². The van der Waals surface area contributed by atoms with E-state index >= 15 is 0 Å². The summed E-state index contributed by atoms with van der Waals surface area (Å²) in [5.74, 6) is -1.90. The van der Waals surface area contributed by atoms with Crippen LogP contribution in [0.4, 0.5) is 9.59 Å². The number of hydrogen-bond donors (Lipinski definition) is 2. The first-order chi connectivity index (χ1) is 10.8. The van der Waals surface area contributed by atoms with E-state index in [4.69, 9.17) is 0 Å². The lowest BCUT2D eigenvalue weighted by atomic mass is 10.3. The molecule has 9 heteroatoms. The first-order valence-electron chi connectivity index (χ1n) is 6.78. The molecule has 0 heterocycles. The second-order valence-electron chi connectivity index (χ2n) is 4.06. The summed E-state index contributed by atoms with van der Waals surface area (Å²) in [6.45, 7) is 6.30. The van der Waals surface area contributed by atoms with Crippen LogP contribution in [0.1, 0.15) is 27.7 Å². The largest absolute Gasteiger partial charge is 0.450 e. The van der Waals surface area contributed by atoms with Crippen molar-refractivity contribution in [1.82, 2.24) is 10.6 Å². The van der Waals surface area contributed by atoms with Crippen LogP contribution in [0.5, 0.6) is 0 Å². The van der Waals surface area contributed by atoms with E-state index in [0.29, 0.717) is 0 Å². The van der Waals surface area contributed by atoms with Crippen molar-refractivity contribution in [2.24, 2.45) is 0 Å². The third kappa shape index (κ3) is 8.91. The fraction of sp³-hybridized carbons (Fsp3) is 0.429. The summed E-state index contributed by atoms with van der Waals surface area (Å²) in [6.07, 6.45) is 0.647. The highest BCUT2D eigenvalue weighted by atomic mass is 16.6. The molecule has 2 N–H and O–H groups in total. The van der Waals surface area contributed by atoms with Gasteiger partial charge in [-0.3, -0.25) is 10.6 Å². The van der Waals surface area contributed by atoms with Crippen molar-refractivity contribution in [2.45, 2.75) is 27.7 Å². The van der Waals surface area contributed by atoms with Gasteiger partial charge in [-0.25, -0.2) is 19.2 Å². The highest BCUT2D eigenvalue weighted by Gasteiger charge is 2.15. The molecule has 0 saturated heterocycles. The van der Waals surface area contributed by atoms with Gasteiger partial charge in [-0.1, -0.05) is 0 Å². The average molecular weight is 328 g/mol. The summed E-state index contributed by atoms with van der Waals surface area (Å²) in [5.41, 5.74) is -0.0323. The van der Waals surface area contributed by atoms with Gasteiger partial charge in [-0.05, 0) is 27.7 Å². The minimum absolute atomic E-state index is 0.0162. The van der Waals surface area contributed by atoms with Gasteiger partial charge in [0.05, 0.1) is 24.4 Å². The van der Waals surface area contributed by atoms with Crippen molar-refractivity contribution in [2.75, 3.05) is 13.2 Å². The number of nitrogens with one attached hydrogen (secondary N) is 2. The Labute approximate surface area is 133 Å². The number of rotatable bonds is 6. The minimum Gasteiger partial charge on any atom is -0.450 e. The maximum atomic E-state index is 11.6. The maximum Gasteiger partial charge on any atom is 0.411 e. The van der Waals surface area contributed by atoms with Crippen molar-refractivity contribution < 1.29 is 33.4 Å². The first kappa shape index (κ1) is 20.2. The Morgan fingerprint density at radius 1 is 0.783 bits per heavy atom. The lowest BCUT2D eigenvalue weighted by Crippen LogP contribution is -2.22.